The number of hydrogen-bond donors (Lipinski definition) is 0. The molecule has 28 heavy (non-hydrogen) atoms. The Labute approximate surface area is 160 Å². The number of ketones is 1. The normalized spacial score (nSPS) is 18.5. The summed E-state index contributed by atoms with van der Waals surface area (Å²) < 4.78 is 20.2. The van der Waals surface area contributed by atoms with Gasteiger partial charge < -0.3 is 4.52 Å². The Morgan fingerprint density at radius 3 is 3.00 bits per heavy atom. The van der Waals surface area contributed by atoms with E-state index in [1.165, 1.54) is 0 Å². The van der Waals surface area contributed by atoms with Crippen LogP contribution in [0.1, 0.15) is 39.8 Å². The van der Waals surface area contributed by atoms with Gasteiger partial charge in [0.25, 0.3) is 0 Å². The number of aromatic nitrogens is 4. The molecule has 1 aliphatic carbocycles. The molecule has 0 radical (unpaired) electrons. The molecule has 0 unspecified atom stereocenters. The van der Waals surface area contributed by atoms with Gasteiger partial charge >= 0.3 is 0 Å². The molecule has 3 aromatic heterocycles. The van der Waals surface area contributed by atoms with Gasteiger partial charge in [0.1, 0.15) is 17.5 Å². The fraction of sp³-hybridized carbons (Fsp3) is 0.238. The van der Waals surface area contributed by atoms with Gasteiger partial charge in [0.2, 0.25) is 11.7 Å². The van der Waals surface area contributed by atoms with Crippen LogP contribution in [0, 0.1) is 6.92 Å². The van der Waals surface area contributed by atoms with E-state index in [4.69, 9.17) is 4.52 Å². The SMILES string of the molecule is Cc1ccc(-c2noc([C@H]3C[C@@H]3F)n2)cc1CC(=O)c1cnc2ccccn12. The van der Waals surface area contributed by atoms with Crippen LogP contribution in [-0.2, 0) is 6.42 Å². The largest absolute Gasteiger partial charge is 0.339 e. The first-order valence-corrected chi connectivity index (χ1v) is 9.13. The average molecular weight is 376 g/mol. The van der Waals surface area contributed by atoms with E-state index in [9.17, 15) is 9.18 Å². The lowest BCUT2D eigenvalue weighted by Crippen LogP contribution is -2.08. The Hall–Kier alpha value is -3.35. The minimum atomic E-state index is -0.884. The van der Waals surface area contributed by atoms with Crippen molar-refractivity contribution >= 4 is 11.4 Å². The molecule has 0 bridgehead atoms. The van der Waals surface area contributed by atoms with E-state index in [1.807, 2.05) is 49.5 Å². The molecule has 1 fully saturated rings. The molecule has 1 aliphatic rings. The lowest BCUT2D eigenvalue weighted by molar-refractivity contribution is 0.0987. The molecule has 5 rings (SSSR count). The van der Waals surface area contributed by atoms with Gasteiger partial charge in [-0.2, -0.15) is 4.98 Å². The second kappa shape index (κ2) is 6.37. The Morgan fingerprint density at radius 2 is 2.18 bits per heavy atom. The third-order valence-corrected chi connectivity index (χ3v) is 5.13. The number of nitrogens with zero attached hydrogens (tertiary/aromatic N) is 4. The number of alkyl halides is 1. The second-order valence-electron chi connectivity index (χ2n) is 7.13. The highest BCUT2D eigenvalue weighted by atomic mass is 19.1. The van der Waals surface area contributed by atoms with Gasteiger partial charge in [0.05, 0.1) is 12.1 Å². The van der Waals surface area contributed by atoms with Crippen molar-refractivity contribution < 1.29 is 13.7 Å². The van der Waals surface area contributed by atoms with E-state index in [-0.39, 0.29) is 18.1 Å². The van der Waals surface area contributed by atoms with Crippen LogP contribution < -0.4 is 0 Å². The Kier molecular flexibility index (Phi) is 3.82. The van der Waals surface area contributed by atoms with Crippen molar-refractivity contribution in [3.63, 3.8) is 0 Å². The smallest absolute Gasteiger partial charge is 0.233 e. The number of aryl methyl sites for hydroxylation is 1. The molecule has 140 valence electrons. The van der Waals surface area contributed by atoms with E-state index in [1.54, 1.807) is 10.6 Å². The van der Waals surface area contributed by atoms with E-state index in [0.717, 1.165) is 22.3 Å². The zero-order chi connectivity index (χ0) is 19.3. The lowest BCUT2D eigenvalue weighted by atomic mass is 9.99. The van der Waals surface area contributed by atoms with Gasteiger partial charge in [-0.05, 0) is 42.7 Å². The molecule has 0 aliphatic heterocycles. The number of rotatable bonds is 5. The van der Waals surface area contributed by atoms with Crippen LogP contribution in [0.2, 0.25) is 0 Å². The van der Waals surface area contributed by atoms with Gasteiger partial charge in [0.15, 0.2) is 5.78 Å². The Bertz CT molecular complexity index is 1200. The maximum absolute atomic E-state index is 13.2. The minimum absolute atomic E-state index is 0.0222. The van der Waals surface area contributed by atoms with Crippen molar-refractivity contribution in [1.29, 1.82) is 0 Å². The standard InChI is InChI=1S/C21H17FN4O2/c1-12-5-6-13(20-24-21(28-25-20)15-10-16(15)22)8-14(12)9-18(27)17-11-23-19-4-2-3-7-26(17)19/h2-8,11,15-16H,9-10H2,1H3/t15-,16-/m0/s1. The van der Waals surface area contributed by atoms with Crippen LogP contribution in [0.5, 0.6) is 0 Å². The van der Waals surface area contributed by atoms with Gasteiger partial charge in [-0.1, -0.05) is 23.4 Å². The highest BCUT2D eigenvalue weighted by molar-refractivity contribution is 5.96. The summed E-state index contributed by atoms with van der Waals surface area (Å²) in [6.07, 6.45) is 3.22. The number of benzene rings is 1. The molecular weight excluding hydrogens is 359 g/mol. The first kappa shape index (κ1) is 16.8. The molecule has 0 amide bonds. The van der Waals surface area contributed by atoms with Crippen LogP contribution >= 0.6 is 0 Å². The van der Waals surface area contributed by atoms with Crippen LogP contribution in [0.25, 0.3) is 17.0 Å². The van der Waals surface area contributed by atoms with Crippen molar-refractivity contribution in [2.24, 2.45) is 0 Å². The maximum Gasteiger partial charge on any atom is 0.233 e. The zero-order valence-electron chi connectivity index (χ0n) is 15.2. The highest BCUT2D eigenvalue weighted by Crippen LogP contribution is 2.43. The zero-order valence-corrected chi connectivity index (χ0v) is 15.2. The summed E-state index contributed by atoms with van der Waals surface area (Å²) >= 11 is 0. The van der Waals surface area contributed by atoms with E-state index < -0.39 is 6.17 Å². The molecule has 6 nitrogen and oxygen atoms in total. The summed E-state index contributed by atoms with van der Waals surface area (Å²) in [4.78, 5) is 21.5. The number of carbonyl (C=O) groups is 1. The van der Waals surface area contributed by atoms with Gasteiger partial charge in [-0.25, -0.2) is 9.37 Å². The number of fused-ring (bicyclic) bond motifs is 1. The molecule has 3 heterocycles. The van der Waals surface area contributed by atoms with Gasteiger partial charge in [-0.15, -0.1) is 0 Å². The van der Waals surface area contributed by atoms with E-state index in [2.05, 4.69) is 15.1 Å². The van der Waals surface area contributed by atoms with Gasteiger partial charge in [-0.3, -0.25) is 9.20 Å². The first-order valence-electron chi connectivity index (χ1n) is 9.13. The quantitative estimate of drug-likeness (QED) is 0.493. The molecule has 1 saturated carbocycles. The summed E-state index contributed by atoms with van der Waals surface area (Å²) in [6, 6.07) is 11.3. The number of carbonyl (C=O) groups excluding carboxylic acids is 1. The van der Waals surface area contributed by atoms with Gasteiger partial charge in [0, 0.05) is 18.2 Å². The monoisotopic (exact) mass is 376 g/mol. The molecule has 0 saturated heterocycles. The van der Waals surface area contributed by atoms with Crippen LogP contribution in [0.4, 0.5) is 4.39 Å². The number of imidazole rings is 1. The third-order valence-electron chi connectivity index (χ3n) is 5.13. The lowest BCUT2D eigenvalue weighted by Gasteiger charge is -2.07. The highest BCUT2D eigenvalue weighted by Gasteiger charge is 2.43. The number of hydrogen-bond acceptors (Lipinski definition) is 5. The number of pyridine rings is 1. The van der Waals surface area contributed by atoms with E-state index in [0.29, 0.717) is 23.8 Å². The predicted octanol–water partition coefficient (Wildman–Crippen LogP) is 3.94. The van der Waals surface area contributed by atoms with Crippen molar-refractivity contribution in [2.75, 3.05) is 0 Å². The summed E-state index contributed by atoms with van der Waals surface area (Å²) in [5.41, 5.74) is 3.92. The molecule has 4 aromatic rings. The van der Waals surface area contributed by atoms with Crippen molar-refractivity contribution in [3.05, 3.63) is 71.5 Å². The fourth-order valence-electron chi connectivity index (χ4n) is 3.33. The van der Waals surface area contributed by atoms with Crippen molar-refractivity contribution in [1.82, 2.24) is 19.5 Å². The molecular formula is C21H17FN4O2. The van der Waals surface area contributed by atoms with E-state index >= 15 is 0 Å². The predicted molar refractivity (Wildman–Crippen MR) is 100.0 cm³/mol. The minimum Gasteiger partial charge on any atom is -0.339 e. The number of halogens is 1. The summed E-state index contributed by atoms with van der Waals surface area (Å²) in [7, 11) is 0. The topological polar surface area (TPSA) is 73.3 Å². The second-order valence-corrected chi connectivity index (χ2v) is 7.13. The van der Waals surface area contributed by atoms with Crippen LogP contribution in [0.3, 0.4) is 0 Å². The molecule has 0 N–H and O–H groups in total. The van der Waals surface area contributed by atoms with Crippen molar-refractivity contribution in [3.8, 4) is 11.4 Å². The maximum atomic E-state index is 13.2. The molecule has 2 atom stereocenters. The Morgan fingerprint density at radius 1 is 1.32 bits per heavy atom. The summed E-state index contributed by atoms with van der Waals surface area (Å²) in [6.45, 7) is 1.96. The van der Waals surface area contributed by atoms with Crippen LogP contribution in [-0.4, -0.2) is 31.5 Å². The van der Waals surface area contributed by atoms with Crippen molar-refractivity contribution in [2.45, 2.75) is 31.9 Å². The average Bonchev–Trinajstić information content (AvgIpc) is 3.12. The Balaban J connectivity index is 1.43. The van der Waals surface area contributed by atoms with Crippen LogP contribution in [0.15, 0.2) is 53.3 Å². The number of Topliss-reactive ketones (excluding diaryl/α,β-unsaturated/α-hetero) is 1. The summed E-state index contributed by atoms with van der Waals surface area (Å²) in [5.74, 6) is 0.456. The summed E-state index contributed by atoms with van der Waals surface area (Å²) in [5, 5.41) is 3.97. The molecule has 1 aromatic carbocycles. The fourth-order valence-corrected chi connectivity index (χ4v) is 3.33. The third kappa shape index (κ3) is 2.89. The molecule has 7 heteroatoms. The first-order chi connectivity index (χ1) is 13.6. The molecule has 0 spiro atoms.